The number of fused-ring (bicyclic) bond motifs is 1. The highest BCUT2D eigenvalue weighted by atomic mass is 16.4. The maximum atomic E-state index is 14.0. The minimum Gasteiger partial charge on any atom is -0.480 e. The lowest BCUT2D eigenvalue weighted by atomic mass is 10.0. The first-order valence-electron chi connectivity index (χ1n) is 15.3. The second kappa shape index (κ2) is 15.5. The van der Waals surface area contributed by atoms with E-state index in [4.69, 9.17) is 5.73 Å². The number of carboxylic acid groups (broad SMARTS) is 1. The quantitative estimate of drug-likeness (QED) is 0.0914. The summed E-state index contributed by atoms with van der Waals surface area (Å²) in [6.07, 6.45) is 5.09. The van der Waals surface area contributed by atoms with E-state index in [2.05, 4.69) is 30.9 Å². The number of nitrogens with one attached hydrogen (secondary N) is 5. The second-order valence-corrected chi connectivity index (χ2v) is 11.4. The third-order valence-corrected chi connectivity index (χ3v) is 7.88. The Morgan fingerprint density at radius 3 is 1.89 bits per heavy atom. The van der Waals surface area contributed by atoms with Gasteiger partial charge >= 0.3 is 5.97 Å². The number of carbonyl (C=O) groups excluding carboxylic acids is 3. The third-order valence-electron chi connectivity index (χ3n) is 7.88. The van der Waals surface area contributed by atoms with Crippen LogP contribution in [0, 0.1) is 0 Å². The molecule has 5 aromatic rings. The lowest BCUT2D eigenvalue weighted by molar-refractivity contribution is -0.142. The number of rotatable bonds is 15. The molecule has 12 nitrogen and oxygen atoms in total. The third kappa shape index (κ3) is 8.92. The molecule has 0 aliphatic heterocycles. The SMILES string of the molecule is NC(Cc1ccccc1)C(=O)NC(Cc1c[nH]c2ccccc12)C(=O)NC(Cc1ccccc1)C(=O)NC(Cc1cnc[nH]1)C(=O)O. The van der Waals surface area contributed by atoms with Crippen LogP contribution in [-0.4, -0.2) is 67.9 Å². The van der Waals surface area contributed by atoms with Gasteiger partial charge in [-0.2, -0.15) is 0 Å². The molecule has 4 atom stereocenters. The number of nitrogens with zero attached hydrogens (tertiary/aromatic N) is 1. The number of imidazole rings is 1. The molecule has 12 heteroatoms. The predicted octanol–water partition coefficient (Wildman–Crippen LogP) is 2.03. The lowest BCUT2D eigenvalue weighted by Gasteiger charge is -2.25. The van der Waals surface area contributed by atoms with Gasteiger partial charge in [-0.15, -0.1) is 0 Å². The second-order valence-electron chi connectivity index (χ2n) is 11.4. The summed E-state index contributed by atoms with van der Waals surface area (Å²) in [6.45, 7) is 0. The van der Waals surface area contributed by atoms with Crippen LogP contribution in [0.3, 0.4) is 0 Å². The maximum absolute atomic E-state index is 14.0. The van der Waals surface area contributed by atoms with Gasteiger partial charge in [-0.25, -0.2) is 9.78 Å². The van der Waals surface area contributed by atoms with E-state index in [1.807, 2.05) is 60.7 Å². The number of carboxylic acids is 1. The Hall–Kier alpha value is -5.75. The van der Waals surface area contributed by atoms with E-state index in [9.17, 15) is 24.3 Å². The summed E-state index contributed by atoms with van der Waals surface area (Å²) in [7, 11) is 0. The summed E-state index contributed by atoms with van der Waals surface area (Å²) in [5, 5.41) is 18.9. The Morgan fingerprint density at radius 1 is 0.681 bits per heavy atom. The first-order chi connectivity index (χ1) is 22.8. The van der Waals surface area contributed by atoms with Crippen molar-refractivity contribution in [1.82, 2.24) is 30.9 Å². The molecule has 0 fully saturated rings. The van der Waals surface area contributed by atoms with E-state index in [0.29, 0.717) is 5.69 Å². The van der Waals surface area contributed by atoms with Crippen molar-refractivity contribution >= 4 is 34.6 Å². The Bertz CT molecular complexity index is 1790. The van der Waals surface area contributed by atoms with Gasteiger partial charge in [-0.1, -0.05) is 78.9 Å². The number of carbonyl (C=O) groups is 4. The molecule has 242 valence electrons. The highest BCUT2D eigenvalue weighted by molar-refractivity contribution is 5.95. The molecule has 2 heterocycles. The summed E-state index contributed by atoms with van der Waals surface area (Å²) in [4.78, 5) is 63.0. The number of nitrogens with two attached hydrogens (primary N) is 1. The van der Waals surface area contributed by atoms with E-state index >= 15 is 0 Å². The molecule has 3 aromatic carbocycles. The van der Waals surface area contributed by atoms with Crippen LogP contribution in [0.25, 0.3) is 10.9 Å². The Labute approximate surface area is 271 Å². The number of H-pyrrole nitrogens is 2. The van der Waals surface area contributed by atoms with Crippen molar-refractivity contribution in [3.8, 4) is 0 Å². The van der Waals surface area contributed by atoms with Crippen molar-refractivity contribution in [3.63, 3.8) is 0 Å². The van der Waals surface area contributed by atoms with Crippen LogP contribution >= 0.6 is 0 Å². The highest BCUT2D eigenvalue weighted by Crippen LogP contribution is 2.19. The van der Waals surface area contributed by atoms with Gasteiger partial charge in [0.15, 0.2) is 0 Å². The molecule has 8 N–H and O–H groups in total. The van der Waals surface area contributed by atoms with Gasteiger partial charge < -0.3 is 36.8 Å². The van der Waals surface area contributed by atoms with Crippen LogP contribution in [0.5, 0.6) is 0 Å². The van der Waals surface area contributed by atoms with Crippen molar-refractivity contribution < 1.29 is 24.3 Å². The molecule has 0 spiro atoms. The Balaban J connectivity index is 1.38. The normalized spacial score (nSPS) is 13.6. The molecule has 0 radical (unpaired) electrons. The van der Waals surface area contributed by atoms with Crippen LogP contribution in [0.4, 0.5) is 0 Å². The summed E-state index contributed by atoms with van der Waals surface area (Å²) in [5.74, 6) is -3.07. The molecular formula is C35H37N7O5. The van der Waals surface area contributed by atoms with Gasteiger partial charge in [-0.3, -0.25) is 14.4 Å². The minimum absolute atomic E-state index is 0.0361. The molecule has 0 saturated heterocycles. The molecule has 0 aliphatic carbocycles. The van der Waals surface area contributed by atoms with Crippen LogP contribution in [0.15, 0.2) is 104 Å². The number of aromatic nitrogens is 3. The van der Waals surface area contributed by atoms with E-state index in [0.717, 1.165) is 27.6 Å². The number of benzene rings is 3. The van der Waals surface area contributed by atoms with Gasteiger partial charge in [0.25, 0.3) is 0 Å². The number of hydrogen-bond acceptors (Lipinski definition) is 6. The van der Waals surface area contributed by atoms with Gasteiger partial charge in [0.2, 0.25) is 17.7 Å². The molecular weight excluding hydrogens is 598 g/mol. The monoisotopic (exact) mass is 635 g/mol. The molecule has 3 amide bonds. The topological polar surface area (TPSA) is 195 Å². The van der Waals surface area contributed by atoms with Crippen molar-refractivity contribution in [1.29, 1.82) is 0 Å². The van der Waals surface area contributed by atoms with E-state index in [1.165, 1.54) is 12.5 Å². The van der Waals surface area contributed by atoms with Crippen LogP contribution in [0.2, 0.25) is 0 Å². The molecule has 0 saturated carbocycles. The fraction of sp³-hybridized carbons (Fsp3) is 0.229. The average Bonchev–Trinajstić information content (AvgIpc) is 3.74. The minimum atomic E-state index is -1.28. The fourth-order valence-corrected chi connectivity index (χ4v) is 5.39. The van der Waals surface area contributed by atoms with E-state index in [1.54, 1.807) is 30.5 Å². The van der Waals surface area contributed by atoms with E-state index in [-0.39, 0.29) is 25.7 Å². The summed E-state index contributed by atoms with van der Waals surface area (Å²) < 4.78 is 0. The largest absolute Gasteiger partial charge is 0.480 e. The molecule has 5 rings (SSSR count). The number of amides is 3. The molecule has 4 unspecified atom stereocenters. The Kier molecular flexibility index (Phi) is 10.8. The zero-order valence-electron chi connectivity index (χ0n) is 25.6. The molecule has 47 heavy (non-hydrogen) atoms. The molecule has 0 aliphatic rings. The first kappa shape index (κ1) is 32.6. The first-order valence-corrected chi connectivity index (χ1v) is 15.3. The van der Waals surface area contributed by atoms with Gasteiger partial charge in [0.05, 0.1) is 12.4 Å². The smallest absolute Gasteiger partial charge is 0.326 e. The zero-order chi connectivity index (χ0) is 33.2. The maximum Gasteiger partial charge on any atom is 0.326 e. The predicted molar refractivity (Wildman–Crippen MR) is 176 cm³/mol. The van der Waals surface area contributed by atoms with E-state index < -0.39 is 47.9 Å². The zero-order valence-corrected chi connectivity index (χ0v) is 25.6. The number of hydrogen-bond donors (Lipinski definition) is 7. The number of aromatic amines is 2. The average molecular weight is 636 g/mol. The summed E-state index contributed by atoms with van der Waals surface area (Å²) in [5.41, 5.74) is 10.1. The lowest BCUT2D eigenvalue weighted by Crippen LogP contribution is -2.58. The summed E-state index contributed by atoms with van der Waals surface area (Å²) >= 11 is 0. The van der Waals surface area contributed by atoms with Crippen molar-refractivity contribution in [2.45, 2.75) is 49.9 Å². The molecule has 0 bridgehead atoms. The number of aliphatic carboxylic acids is 1. The standard InChI is InChI=1S/C35H37N7O5/c36-27(15-22-9-3-1-4-10-22)32(43)40-30(17-24-19-38-28-14-8-7-13-26(24)28)34(45)41-29(16-23-11-5-2-6-12-23)33(44)42-31(35(46)47)18-25-20-37-21-39-25/h1-14,19-21,27,29-31,38H,15-18,36H2,(H,37,39)(H,40,43)(H,41,45)(H,42,44)(H,46,47). The van der Waals surface area contributed by atoms with Crippen LogP contribution in [0.1, 0.15) is 22.4 Å². The van der Waals surface area contributed by atoms with Gasteiger partial charge in [0, 0.05) is 48.3 Å². The van der Waals surface area contributed by atoms with Gasteiger partial charge in [0.1, 0.15) is 18.1 Å². The van der Waals surface area contributed by atoms with Crippen molar-refractivity contribution in [3.05, 3.63) is 126 Å². The Morgan fingerprint density at radius 2 is 1.26 bits per heavy atom. The molecule has 2 aromatic heterocycles. The van der Waals surface area contributed by atoms with Gasteiger partial charge in [-0.05, 0) is 29.2 Å². The highest BCUT2D eigenvalue weighted by Gasteiger charge is 2.31. The summed E-state index contributed by atoms with van der Waals surface area (Å²) in [6, 6.07) is 21.5. The van der Waals surface area contributed by atoms with Crippen LogP contribution in [-0.2, 0) is 44.9 Å². The van der Waals surface area contributed by atoms with Crippen molar-refractivity contribution in [2.24, 2.45) is 5.73 Å². The van der Waals surface area contributed by atoms with Crippen LogP contribution < -0.4 is 21.7 Å². The fourth-order valence-electron chi connectivity index (χ4n) is 5.39. The van der Waals surface area contributed by atoms with Crippen molar-refractivity contribution in [2.75, 3.05) is 0 Å². The number of para-hydroxylation sites is 1.